The van der Waals surface area contributed by atoms with Gasteiger partial charge in [0.1, 0.15) is 0 Å². The molecule has 3 aliphatic heterocycles. The number of ketones is 1. The molecule has 0 unspecified atom stereocenters. The lowest BCUT2D eigenvalue weighted by atomic mass is 9.92. The summed E-state index contributed by atoms with van der Waals surface area (Å²) in [4.78, 5) is 31.4. The number of carbonyl (C=O) groups is 2. The molecule has 3 fully saturated rings. The SMILES string of the molecule is CC(=O)c1ccc(N2CCC(CC(=O)N3CCC(N4CCCC4)CC3)CC2)cc1. The van der Waals surface area contributed by atoms with E-state index in [0.29, 0.717) is 24.3 Å². The first-order valence-corrected chi connectivity index (χ1v) is 11.5. The standard InChI is InChI=1S/C24H35N3O2/c1-19(28)21-4-6-22(7-5-21)26-14-8-20(9-15-26)18-24(29)27-16-10-23(11-17-27)25-12-2-3-13-25/h4-7,20,23H,2-3,8-18H2,1H3. The molecule has 5 nitrogen and oxygen atoms in total. The summed E-state index contributed by atoms with van der Waals surface area (Å²) < 4.78 is 0. The summed E-state index contributed by atoms with van der Waals surface area (Å²) in [5, 5.41) is 0. The van der Waals surface area contributed by atoms with Gasteiger partial charge in [0, 0.05) is 49.9 Å². The molecule has 1 amide bonds. The molecule has 1 aromatic carbocycles. The maximum absolute atomic E-state index is 12.8. The fourth-order valence-corrected chi connectivity index (χ4v) is 5.27. The Labute approximate surface area is 175 Å². The van der Waals surface area contributed by atoms with Crippen LogP contribution in [0.1, 0.15) is 62.2 Å². The maximum Gasteiger partial charge on any atom is 0.222 e. The number of anilines is 1. The predicted octanol–water partition coefficient (Wildman–Crippen LogP) is 3.58. The quantitative estimate of drug-likeness (QED) is 0.713. The van der Waals surface area contributed by atoms with Crippen LogP contribution in [0, 0.1) is 5.92 Å². The van der Waals surface area contributed by atoms with Crippen molar-refractivity contribution in [3.8, 4) is 0 Å². The smallest absolute Gasteiger partial charge is 0.222 e. The zero-order valence-electron chi connectivity index (χ0n) is 17.8. The summed E-state index contributed by atoms with van der Waals surface area (Å²) in [6.45, 7) is 8.00. The zero-order valence-corrected chi connectivity index (χ0v) is 17.8. The summed E-state index contributed by atoms with van der Waals surface area (Å²) in [6.07, 6.45) is 7.86. The highest BCUT2D eigenvalue weighted by Gasteiger charge is 2.30. The van der Waals surface area contributed by atoms with E-state index in [4.69, 9.17) is 0 Å². The fourth-order valence-electron chi connectivity index (χ4n) is 5.27. The molecule has 0 saturated carbocycles. The van der Waals surface area contributed by atoms with E-state index in [-0.39, 0.29) is 5.78 Å². The fraction of sp³-hybridized carbons (Fsp3) is 0.667. The molecule has 4 rings (SSSR count). The van der Waals surface area contributed by atoms with Crippen molar-refractivity contribution in [1.82, 2.24) is 9.80 Å². The number of likely N-dealkylation sites (tertiary alicyclic amines) is 2. The third kappa shape index (κ3) is 5.00. The minimum atomic E-state index is 0.109. The summed E-state index contributed by atoms with van der Waals surface area (Å²) in [5.41, 5.74) is 1.95. The van der Waals surface area contributed by atoms with Crippen molar-refractivity contribution < 1.29 is 9.59 Å². The number of hydrogen-bond acceptors (Lipinski definition) is 4. The molecule has 0 atom stereocenters. The third-order valence-corrected chi connectivity index (χ3v) is 7.19. The second-order valence-corrected chi connectivity index (χ2v) is 9.09. The number of benzene rings is 1. The molecule has 0 aliphatic carbocycles. The molecule has 0 aromatic heterocycles. The Hall–Kier alpha value is -1.88. The number of nitrogens with zero attached hydrogens (tertiary/aromatic N) is 3. The Morgan fingerprint density at radius 2 is 1.48 bits per heavy atom. The molecule has 0 N–H and O–H groups in total. The van der Waals surface area contributed by atoms with E-state index in [2.05, 4.69) is 14.7 Å². The molecule has 0 radical (unpaired) electrons. The van der Waals surface area contributed by atoms with Crippen molar-refractivity contribution in [3.05, 3.63) is 29.8 Å². The molecular weight excluding hydrogens is 362 g/mol. The Kier molecular flexibility index (Phi) is 6.53. The predicted molar refractivity (Wildman–Crippen MR) is 116 cm³/mol. The summed E-state index contributed by atoms with van der Waals surface area (Å²) in [5.74, 6) is 0.985. The number of Topliss-reactive ketones (excluding diaryl/α,β-unsaturated/α-hetero) is 1. The van der Waals surface area contributed by atoms with Gasteiger partial charge in [-0.3, -0.25) is 9.59 Å². The van der Waals surface area contributed by atoms with Gasteiger partial charge in [-0.15, -0.1) is 0 Å². The molecular formula is C24H35N3O2. The van der Waals surface area contributed by atoms with Crippen LogP contribution in [-0.4, -0.2) is 66.8 Å². The molecule has 3 saturated heterocycles. The molecule has 0 bridgehead atoms. The Bertz CT molecular complexity index is 695. The van der Waals surface area contributed by atoms with Gasteiger partial charge < -0.3 is 14.7 Å². The summed E-state index contributed by atoms with van der Waals surface area (Å²) >= 11 is 0. The first kappa shape index (κ1) is 20.4. The maximum atomic E-state index is 12.8. The molecule has 3 heterocycles. The molecule has 3 aliphatic rings. The first-order valence-electron chi connectivity index (χ1n) is 11.5. The van der Waals surface area contributed by atoms with Crippen molar-refractivity contribution >= 4 is 17.4 Å². The van der Waals surface area contributed by atoms with E-state index in [9.17, 15) is 9.59 Å². The lowest BCUT2D eigenvalue weighted by molar-refractivity contribution is -0.133. The summed E-state index contributed by atoms with van der Waals surface area (Å²) in [7, 11) is 0. The third-order valence-electron chi connectivity index (χ3n) is 7.19. The van der Waals surface area contributed by atoms with Gasteiger partial charge in [-0.1, -0.05) is 0 Å². The highest BCUT2D eigenvalue weighted by atomic mass is 16.2. The van der Waals surface area contributed by atoms with E-state index in [0.717, 1.165) is 57.4 Å². The number of piperidine rings is 2. The van der Waals surface area contributed by atoms with Crippen LogP contribution in [-0.2, 0) is 4.79 Å². The van der Waals surface area contributed by atoms with Crippen LogP contribution in [0.2, 0.25) is 0 Å². The van der Waals surface area contributed by atoms with Gasteiger partial charge in [-0.25, -0.2) is 0 Å². The van der Waals surface area contributed by atoms with Gasteiger partial charge in [-0.05, 0) is 88.7 Å². The van der Waals surface area contributed by atoms with Crippen molar-refractivity contribution in [1.29, 1.82) is 0 Å². The normalized spacial score (nSPS) is 22.2. The van der Waals surface area contributed by atoms with Gasteiger partial charge in [0.05, 0.1) is 0 Å². The van der Waals surface area contributed by atoms with E-state index in [1.807, 2.05) is 24.3 Å². The number of rotatable bonds is 5. The van der Waals surface area contributed by atoms with Crippen LogP contribution in [0.3, 0.4) is 0 Å². The Morgan fingerprint density at radius 3 is 2.07 bits per heavy atom. The zero-order chi connectivity index (χ0) is 20.2. The Morgan fingerprint density at radius 1 is 0.862 bits per heavy atom. The van der Waals surface area contributed by atoms with Crippen molar-refractivity contribution in [2.45, 2.75) is 57.9 Å². The topological polar surface area (TPSA) is 43.9 Å². The van der Waals surface area contributed by atoms with Crippen LogP contribution in [0.5, 0.6) is 0 Å². The van der Waals surface area contributed by atoms with Crippen LogP contribution >= 0.6 is 0 Å². The number of carbonyl (C=O) groups excluding carboxylic acids is 2. The summed E-state index contributed by atoms with van der Waals surface area (Å²) in [6, 6.07) is 8.64. The largest absolute Gasteiger partial charge is 0.372 e. The monoisotopic (exact) mass is 397 g/mol. The molecule has 5 heteroatoms. The van der Waals surface area contributed by atoms with Crippen LogP contribution in [0.4, 0.5) is 5.69 Å². The average molecular weight is 398 g/mol. The number of amides is 1. The van der Waals surface area contributed by atoms with Crippen molar-refractivity contribution in [3.63, 3.8) is 0 Å². The van der Waals surface area contributed by atoms with Crippen molar-refractivity contribution in [2.24, 2.45) is 5.92 Å². The lowest BCUT2D eigenvalue weighted by Gasteiger charge is -2.38. The number of hydrogen-bond donors (Lipinski definition) is 0. The minimum Gasteiger partial charge on any atom is -0.372 e. The first-order chi connectivity index (χ1) is 14.1. The van der Waals surface area contributed by atoms with Gasteiger partial charge in [0.25, 0.3) is 0 Å². The highest BCUT2D eigenvalue weighted by molar-refractivity contribution is 5.94. The molecule has 1 aromatic rings. The van der Waals surface area contributed by atoms with E-state index in [1.54, 1.807) is 6.92 Å². The van der Waals surface area contributed by atoms with E-state index < -0.39 is 0 Å². The lowest BCUT2D eigenvalue weighted by Crippen LogP contribution is -2.46. The average Bonchev–Trinajstić information content (AvgIpc) is 3.29. The van der Waals surface area contributed by atoms with Gasteiger partial charge in [0.2, 0.25) is 5.91 Å². The van der Waals surface area contributed by atoms with Gasteiger partial charge in [0.15, 0.2) is 5.78 Å². The molecule has 158 valence electrons. The highest BCUT2D eigenvalue weighted by Crippen LogP contribution is 2.27. The van der Waals surface area contributed by atoms with Crippen LogP contribution < -0.4 is 4.90 Å². The van der Waals surface area contributed by atoms with E-state index in [1.165, 1.54) is 31.6 Å². The van der Waals surface area contributed by atoms with Crippen LogP contribution in [0.15, 0.2) is 24.3 Å². The van der Waals surface area contributed by atoms with Gasteiger partial charge in [-0.2, -0.15) is 0 Å². The van der Waals surface area contributed by atoms with E-state index >= 15 is 0 Å². The molecule has 29 heavy (non-hydrogen) atoms. The van der Waals surface area contributed by atoms with Gasteiger partial charge >= 0.3 is 0 Å². The minimum absolute atomic E-state index is 0.109. The second kappa shape index (κ2) is 9.29. The molecule has 0 spiro atoms. The second-order valence-electron chi connectivity index (χ2n) is 9.09. The Balaban J connectivity index is 1.20. The van der Waals surface area contributed by atoms with Crippen molar-refractivity contribution in [2.75, 3.05) is 44.2 Å². The van der Waals surface area contributed by atoms with Crippen LogP contribution in [0.25, 0.3) is 0 Å².